The first-order chi connectivity index (χ1) is 13.5. The second kappa shape index (κ2) is 6.30. The van der Waals surface area contributed by atoms with Crippen LogP contribution in [0.4, 0.5) is 26.3 Å². The minimum Gasteiger partial charge on any atom is -0.361 e. The van der Waals surface area contributed by atoms with Crippen LogP contribution in [0.1, 0.15) is 34.4 Å². The van der Waals surface area contributed by atoms with Crippen molar-refractivity contribution in [1.82, 2.24) is 10.3 Å². The molecule has 2 heterocycles. The second-order valence-electron chi connectivity index (χ2n) is 6.90. The molecule has 0 unspecified atom stereocenters. The number of amides is 1. The van der Waals surface area contributed by atoms with E-state index in [1.807, 2.05) is 5.32 Å². The molecule has 152 valence electrons. The highest BCUT2D eigenvalue weighted by atomic mass is 19.4. The topological polar surface area (TPSA) is 54.4 Å². The number of fused-ring (bicyclic) bond motifs is 4. The largest absolute Gasteiger partial charge is 0.416 e. The van der Waals surface area contributed by atoms with Gasteiger partial charge in [-0.1, -0.05) is 12.1 Å². The molecule has 0 radical (unpaired) electrons. The van der Waals surface area contributed by atoms with Gasteiger partial charge in [0.25, 0.3) is 5.91 Å². The molecule has 2 aliphatic rings. The van der Waals surface area contributed by atoms with E-state index in [1.54, 1.807) is 12.1 Å². The predicted octanol–water partition coefficient (Wildman–Crippen LogP) is 3.77. The van der Waals surface area contributed by atoms with Gasteiger partial charge in [0, 0.05) is 17.5 Å². The fraction of sp³-hybridized carbons (Fsp3) is 0.316. The van der Waals surface area contributed by atoms with Gasteiger partial charge in [-0.05, 0) is 42.2 Å². The predicted molar refractivity (Wildman–Crippen MR) is 90.4 cm³/mol. The number of aliphatic imine (C=N–C) groups is 1. The maximum Gasteiger partial charge on any atom is 0.416 e. The van der Waals surface area contributed by atoms with Gasteiger partial charge in [-0.15, -0.1) is 0 Å². The van der Waals surface area contributed by atoms with Crippen molar-refractivity contribution in [2.75, 3.05) is 6.54 Å². The van der Waals surface area contributed by atoms with Crippen LogP contribution in [-0.4, -0.2) is 29.4 Å². The molecule has 4 rings (SSSR count). The Bertz CT molecular complexity index is 1030. The fourth-order valence-electron chi connectivity index (χ4n) is 3.94. The minimum atomic E-state index is -4.68. The lowest BCUT2D eigenvalue weighted by atomic mass is 9.71. The number of pyridine rings is 1. The number of rotatable bonds is 1. The summed E-state index contributed by atoms with van der Waals surface area (Å²) in [6.07, 6.45) is -7.26. The van der Waals surface area contributed by atoms with Gasteiger partial charge in [-0.2, -0.15) is 31.3 Å². The molecule has 1 aromatic carbocycles. The second-order valence-corrected chi connectivity index (χ2v) is 6.90. The lowest BCUT2D eigenvalue weighted by Crippen LogP contribution is -2.44. The number of carbonyl (C=O) groups is 1. The maximum atomic E-state index is 13.3. The van der Waals surface area contributed by atoms with Crippen molar-refractivity contribution in [3.8, 4) is 0 Å². The third-order valence-electron chi connectivity index (χ3n) is 5.18. The van der Waals surface area contributed by atoms with Crippen molar-refractivity contribution in [2.24, 2.45) is 4.99 Å². The monoisotopic (exact) mass is 413 g/mol. The molecule has 0 saturated carbocycles. The molecule has 1 spiro atoms. The van der Waals surface area contributed by atoms with E-state index in [1.165, 1.54) is 6.20 Å². The van der Waals surface area contributed by atoms with E-state index in [4.69, 9.17) is 0 Å². The van der Waals surface area contributed by atoms with Crippen LogP contribution in [0.15, 0.2) is 41.5 Å². The number of carbonyl (C=O) groups excluding carboxylic acids is 1. The zero-order valence-corrected chi connectivity index (χ0v) is 14.7. The number of amidine groups is 1. The Morgan fingerprint density at radius 2 is 1.83 bits per heavy atom. The molecule has 0 fully saturated rings. The van der Waals surface area contributed by atoms with Crippen LogP contribution in [0.25, 0.3) is 0 Å². The van der Waals surface area contributed by atoms with E-state index in [9.17, 15) is 31.1 Å². The minimum absolute atomic E-state index is 0.0104. The Kier molecular flexibility index (Phi) is 4.21. The van der Waals surface area contributed by atoms with Crippen LogP contribution in [0.3, 0.4) is 0 Å². The summed E-state index contributed by atoms with van der Waals surface area (Å²) in [5.74, 6) is -1.19. The van der Waals surface area contributed by atoms with Gasteiger partial charge in [-0.3, -0.25) is 9.78 Å². The summed E-state index contributed by atoms with van der Waals surface area (Å²) in [4.78, 5) is 21.0. The lowest BCUT2D eigenvalue weighted by Gasteiger charge is -2.34. The molecule has 1 N–H and O–H groups in total. The van der Waals surface area contributed by atoms with Crippen LogP contribution in [0.2, 0.25) is 0 Å². The smallest absolute Gasteiger partial charge is 0.361 e. The number of nitrogens with one attached hydrogen (secondary N) is 1. The van der Waals surface area contributed by atoms with E-state index in [-0.39, 0.29) is 23.4 Å². The van der Waals surface area contributed by atoms with Gasteiger partial charge in [0.2, 0.25) is 0 Å². The van der Waals surface area contributed by atoms with Crippen molar-refractivity contribution < 1.29 is 31.1 Å². The Hall–Kier alpha value is -2.91. The van der Waals surface area contributed by atoms with E-state index >= 15 is 0 Å². The number of alkyl halides is 6. The van der Waals surface area contributed by atoms with Gasteiger partial charge < -0.3 is 5.32 Å². The molecular weight excluding hydrogens is 400 g/mol. The summed E-state index contributed by atoms with van der Waals surface area (Å²) in [5, 5.41) is 2.04. The van der Waals surface area contributed by atoms with Crippen LogP contribution in [-0.2, 0) is 22.8 Å². The number of benzene rings is 1. The van der Waals surface area contributed by atoms with Crippen molar-refractivity contribution in [1.29, 1.82) is 0 Å². The highest BCUT2D eigenvalue weighted by molar-refractivity contribution is 6.14. The molecule has 1 aliphatic carbocycles. The standard InChI is InChI=1S/C19H13F6N3O/c20-18(21,22)9-27-15-11-4-3-10(19(23,24)25)8-13(11)17(16(29)28-15)6-5-14-12(17)2-1-7-26-14/h1-4,7-8H,5-6,9H2,(H,27,28,29)/t17-/m0/s1. The van der Waals surface area contributed by atoms with E-state index < -0.39 is 35.8 Å². The summed E-state index contributed by atoms with van der Waals surface area (Å²) in [6.45, 7) is -1.47. The number of halogens is 6. The average Bonchev–Trinajstić information content (AvgIpc) is 3.03. The van der Waals surface area contributed by atoms with Gasteiger partial charge in [0.05, 0.1) is 5.56 Å². The highest BCUT2D eigenvalue weighted by Gasteiger charge is 2.52. The number of aromatic nitrogens is 1. The van der Waals surface area contributed by atoms with Crippen LogP contribution in [0.5, 0.6) is 0 Å². The molecule has 4 nitrogen and oxygen atoms in total. The van der Waals surface area contributed by atoms with E-state index in [0.29, 0.717) is 17.7 Å². The Labute approximate surface area is 160 Å². The van der Waals surface area contributed by atoms with Gasteiger partial charge in [0.15, 0.2) is 0 Å². The third kappa shape index (κ3) is 3.16. The zero-order valence-electron chi connectivity index (χ0n) is 14.7. The van der Waals surface area contributed by atoms with Crippen molar-refractivity contribution in [3.63, 3.8) is 0 Å². The van der Waals surface area contributed by atoms with E-state index in [2.05, 4.69) is 9.98 Å². The fourth-order valence-corrected chi connectivity index (χ4v) is 3.94. The zero-order chi connectivity index (χ0) is 21.0. The van der Waals surface area contributed by atoms with Crippen LogP contribution < -0.4 is 5.32 Å². The maximum absolute atomic E-state index is 13.3. The summed E-state index contributed by atoms with van der Waals surface area (Å²) in [7, 11) is 0. The summed E-state index contributed by atoms with van der Waals surface area (Å²) in [5.41, 5.74) is -1.46. The first kappa shape index (κ1) is 19.4. The lowest BCUT2D eigenvalue weighted by molar-refractivity contribution is -0.137. The molecule has 1 aliphatic heterocycles. The molecule has 2 aromatic rings. The Balaban J connectivity index is 1.92. The average molecular weight is 413 g/mol. The quantitative estimate of drug-likeness (QED) is 0.725. The molecule has 1 amide bonds. The first-order valence-corrected chi connectivity index (χ1v) is 8.62. The van der Waals surface area contributed by atoms with Crippen molar-refractivity contribution in [3.05, 3.63) is 64.5 Å². The molecule has 1 atom stereocenters. The van der Waals surface area contributed by atoms with Crippen molar-refractivity contribution in [2.45, 2.75) is 30.6 Å². The number of nitrogens with zero attached hydrogens (tertiary/aromatic N) is 2. The Morgan fingerprint density at radius 1 is 1.07 bits per heavy atom. The normalized spacial score (nSPS) is 21.0. The third-order valence-corrected chi connectivity index (χ3v) is 5.18. The summed E-state index contributed by atoms with van der Waals surface area (Å²) < 4.78 is 77.9. The van der Waals surface area contributed by atoms with Gasteiger partial charge >= 0.3 is 12.4 Å². The molecule has 0 bridgehead atoms. The Morgan fingerprint density at radius 3 is 2.52 bits per heavy atom. The number of aryl methyl sites for hydroxylation is 1. The summed E-state index contributed by atoms with van der Waals surface area (Å²) >= 11 is 0. The summed E-state index contributed by atoms with van der Waals surface area (Å²) in [6, 6.07) is 5.82. The molecular formula is C19H13F6N3O. The SMILES string of the molecule is O=C1N=C(NCC(F)(F)F)c2ccc(C(F)(F)F)cc2[C@@]12CCc1ncccc12. The van der Waals surface area contributed by atoms with Crippen molar-refractivity contribution >= 4 is 11.7 Å². The molecule has 29 heavy (non-hydrogen) atoms. The first-order valence-electron chi connectivity index (χ1n) is 8.62. The van der Waals surface area contributed by atoms with Gasteiger partial charge in [0.1, 0.15) is 17.8 Å². The molecule has 1 aromatic heterocycles. The molecule has 0 saturated heterocycles. The highest BCUT2D eigenvalue weighted by Crippen LogP contribution is 2.48. The van der Waals surface area contributed by atoms with E-state index in [0.717, 1.165) is 18.2 Å². The number of hydrogen-bond acceptors (Lipinski definition) is 3. The molecule has 10 heteroatoms. The van der Waals surface area contributed by atoms with Gasteiger partial charge in [-0.25, -0.2) is 0 Å². The number of hydrogen-bond donors (Lipinski definition) is 1. The van der Waals surface area contributed by atoms with Crippen LogP contribution >= 0.6 is 0 Å². The van der Waals surface area contributed by atoms with Crippen LogP contribution in [0, 0.1) is 0 Å².